The molecule has 0 bridgehead atoms. The van der Waals surface area contributed by atoms with E-state index < -0.39 is 0 Å². The lowest BCUT2D eigenvalue weighted by Gasteiger charge is -2.18. The number of hydrogen-bond donors (Lipinski definition) is 0. The van der Waals surface area contributed by atoms with Gasteiger partial charge in [0.1, 0.15) is 16.2 Å². The van der Waals surface area contributed by atoms with Crippen LogP contribution in [-0.4, -0.2) is 17.0 Å². The number of hydrogen-bond acceptors (Lipinski definition) is 4. The van der Waals surface area contributed by atoms with Crippen LogP contribution in [0.5, 0.6) is 0 Å². The van der Waals surface area contributed by atoms with E-state index in [1.54, 1.807) is 11.3 Å². The van der Waals surface area contributed by atoms with Crippen LogP contribution in [-0.2, 0) is 13.0 Å². The molecule has 18 heavy (non-hydrogen) atoms. The van der Waals surface area contributed by atoms with Gasteiger partial charge in [0.05, 0.1) is 6.54 Å². The van der Waals surface area contributed by atoms with Crippen molar-refractivity contribution in [3.05, 3.63) is 38.9 Å². The van der Waals surface area contributed by atoms with E-state index in [0.29, 0.717) is 0 Å². The second-order valence-electron chi connectivity index (χ2n) is 4.15. The van der Waals surface area contributed by atoms with Crippen molar-refractivity contribution in [2.75, 3.05) is 11.9 Å². The van der Waals surface area contributed by atoms with Crippen molar-refractivity contribution >= 4 is 33.1 Å². The van der Waals surface area contributed by atoms with Gasteiger partial charge in [0, 0.05) is 24.4 Å². The zero-order valence-electron chi connectivity index (χ0n) is 10.6. The maximum absolute atomic E-state index is 4.59. The molecule has 2 aromatic heterocycles. The lowest BCUT2D eigenvalue weighted by Crippen LogP contribution is -2.18. The molecule has 0 unspecified atom stereocenters. The Balaban J connectivity index is 2.16. The molecule has 0 fully saturated rings. The Morgan fingerprint density at radius 3 is 2.89 bits per heavy atom. The largest absolute Gasteiger partial charge is 0.354 e. The molecule has 0 saturated carbocycles. The summed E-state index contributed by atoms with van der Waals surface area (Å²) in [7, 11) is 2.06. The van der Waals surface area contributed by atoms with Crippen molar-refractivity contribution in [1.82, 2.24) is 9.97 Å². The first-order chi connectivity index (χ1) is 8.69. The minimum atomic E-state index is 0.856. The second-order valence-corrected chi connectivity index (χ2v) is 6.00. The van der Waals surface area contributed by atoms with E-state index in [-0.39, 0.29) is 0 Å². The summed E-state index contributed by atoms with van der Waals surface area (Å²) in [4.78, 5) is 12.5. The molecular formula is C13H16BrN3S. The van der Waals surface area contributed by atoms with Crippen LogP contribution in [0.3, 0.4) is 0 Å². The van der Waals surface area contributed by atoms with Crippen LogP contribution in [0.4, 0.5) is 5.82 Å². The summed E-state index contributed by atoms with van der Waals surface area (Å²) in [6.07, 6.45) is 1.98. The molecule has 0 spiro atoms. The summed E-state index contributed by atoms with van der Waals surface area (Å²) in [5.74, 6) is 1.87. The average molecular weight is 326 g/mol. The molecule has 0 aliphatic rings. The van der Waals surface area contributed by atoms with E-state index in [4.69, 9.17) is 0 Å². The van der Waals surface area contributed by atoms with Gasteiger partial charge in [0.2, 0.25) is 0 Å². The van der Waals surface area contributed by atoms with Gasteiger partial charge >= 0.3 is 0 Å². The van der Waals surface area contributed by atoms with Gasteiger partial charge in [-0.25, -0.2) is 9.97 Å². The number of nitrogens with zero attached hydrogens (tertiary/aromatic N) is 3. The average Bonchev–Trinajstić information content (AvgIpc) is 2.81. The third-order valence-corrected chi connectivity index (χ3v) is 3.83. The van der Waals surface area contributed by atoms with Crippen LogP contribution in [0.2, 0.25) is 0 Å². The van der Waals surface area contributed by atoms with Gasteiger partial charge in [-0.3, -0.25) is 0 Å². The molecule has 2 heterocycles. The molecule has 0 aliphatic heterocycles. The fourth-order valence-corrected chi connectivity index (χ4v) is 2.87. The highest BCUT2D eigenvalue weighted by atomic mass is 79.9. The van der Waals surface area contributed by atoms with Gasteiger partial charge in [-0.2, -0.15) is 0 Å². The highest BCUT2D eigenvalue weighted by molar-refractivity contribution is 9.10. The third-order valence-electron chi connectivity index (χ3n) is 2.57. The standard InChI is InChI=1S/C13H16BrN3S/c1-3-5-12-15-11(14)8-13(16-12)17(2)9-10-6-4-7-18-10/h4,6-8H,3,5,9H2,1-2H3. The zero-order valence-corrected chi connectivity index (χ0v) is 13.0. The number of rotatable bonds is 5. The van der Waals surface area contributed by atoms with Crippen molar-refractivity contribution in [2.24, 2.45) is 0 Å². The summed E-state index contributed by atoms with van der Waals surface area (Å²) >= 11 is 5.22. The minimum absolute atomic E-state index is 0.856. The maximum Gasteiger partial charge on any atom is 0.133 e. The highest BCUT2D eigenvalue weighted by Gasteiger charge is 2.08. The first kappa shape index (κ1) is 13.5. The Hall–Kier alpha value is -0.940. The SMILES string of the molecule is CCCc1nc(Br)cc(N(C)Cc2cccs2)n1. The fourth-order valence-electron chi connectivity index (χ4n) is 1.70. The molecular weight excluding hydrogens is 310 g/mol. The van der Waals surface area contributed by atoms with Crippen LogP contribution >= 0.6 is 27.3 Å². The highest BCUT2D eigenvalue weighted by Crippen LogP contribution is 2.19. The van der Waals surface area contributed by atoms with E-state index in [9.17, 15) is 0 Å². The maximum atomic E-state index is 4.59. The minimum Gasteiger partial charge on any atom is -0.354 e. The summed E-state index contributed by atoms with van der Waals surface area (Å²) in [5, 5.41) is 2.10. The molecule has 0 N–H and O–H groups in total. The summed E-state index contributed by atoms with van der Waals surface area (Å²) < 4.78 is 0.856. The van der Waals surface area contributed by atoms with E-state index in [1.807, 2.05) is 6.07 Å². The molecule has 0 atom stereocenters. The summed E-state index contributed by atoms with van der Waals surface area (Å²) in [5.41, 5.74) is 0. The molecule has 5 heteroatoms. The third kappa shape index (κ3) is 3.53. The molecule has 0 aromatic carbocycles. The monoisotopic (exact) mass is 325 g/mol. The van der Waals surface area contributed by atoms with Gasteiger partial charge in [0.25, 0.3) is 0 Å². The topological polar surface area (TPSA) is 29.0 Å². The molecule has 0 radical (unpaired) electrons. The van der Waals surface area contributed by atoms with Crippen LogP contribution in [0.15, 0.2) is 28.2 Å². The van der Waals surface area contributed by atoms with Gasteiger partial charge < -0.3 is 4.90 Å². The molecule has 2 rings (SSSR count). The van der Waals surface area contributed by atoms with E-state index >= 15 is 0 Å². The summed E-state index contributed by atoms with van der Waals surface area (Å²) in [6.45, 7) is 3.02. The van der Waals surface area contributed by atoms with Crippen molar-refractivity contribution in [2.45, 2.75) is 26.3 Å². The van der Waals surface area contributed by atoms with E-state index in [1.165, 1.54) is 4.88 Å². The van der Waals surface area contributed by atoms with Crippen molar-refractivity contribution < 1.29 is 0 Å². The predicted molar refractivity (Wildman–Crippen MR) is 80.2 cm³/mol. The first-order valence-corrected chi connectivity index (χ1v) is 7.63. The molecule has 0 aliphatic carbocycles. The Kier molecular flexibility index (Phi) is 4.72. The van der Waals surface area contributed by atoms with Crippen molar-refractivity contribution in [3.63, 3.8) is 0 Å². The molecule has 0 saturated heterocycles. The van der Waals surface area contributed by atoms with Gasteiger partial charge in [-0.1, -0.05) is 13.0 Å². The number of halogens is 1. The Bertz CT molecular complexity index is 499. The Labute approximate surface area is 120 Å². The van der Waals surface area contributed by atoms with Gasteiger partial charge in [-0.15, -0.1) is 11.3 Å². The Morgan fingerprint density at radius 1 is 1.39 bits per heavy atom. The Morgan fingerprint density at radius 2 is 2.22 bits per heavy atom. The normalized spacial score (nSPS) is 10.6. The predicted octanol–water partition coefficient (Wildman–Crippen LogP) is 3.89. The van der Waals surface area contributed by atoms with Crippen molar-refractivity contribution in [3.8, 4) is 0 Å². The van der Waals surface area contributed by atoms with E-state index in [2.05, 4.69) is 62.3 Å². The first-order valence-electron chi connectivity index (χ1n) is 5.96. The lowest BCUT2D eigenvalue weighted by molar-refractivity contribution is 0.809. The molecule has 3 nitrogen and oxygen atoms in total. The van der Waals surface area contributed by atoms with Crippen LogP contribution in [0.25, 0.3) is 0 Å². The van der Waals surface area contributed by atoms with Gasteiger partial charge in [-0.05, 0) is 33.8 Å². The van der Waals surface area contributed by atoms with Gasteiger partial charge in [0.15, 0.2) is 0 Å². The summed E-state index contributed by atoms with van der Waals surface area (Å²) in [6, 6.07) is 6.18. The molecule has 0 amide bonds. The number of thiophene rings is 1. The number of aryl methyl sites for hydroxylation is 1. The van der Waals surface area contributed by atoms with Crippen LogP contribution in [0.1, 0.15) is 24.0 Å². The second kappa shape index (κ2) is 6.29. The quantitative estimate of drug-likeness (QED) is 0.781. The zero-order chi connectivity index (χ0) is 13.0. The van der Waals surface area contributed by atoms with Crippen LogP contribution in [0, 0.1) is 0 Å². The van der Waals surface area contributed by atoms with Crippen molar-refractivity contribution in [1.29, 1.82) is 0 Å². The molecule has 96 valence electrons. The van der Waals surface area contributed by atoms with E-state index in [0.717, 1.165) is 35.6 Å². The molecule has 2 aromatic rings. The number of anilines is 1. The lowest BCUT2D eigenvalue weighted by atomic mass is 10.3. The number of aromatic nitrogens is 2. The van der Waals surface area contributed by atoms with Crippen LogP contribution < -0.4 is 4.90 Å². The fraction of sp³-hybridized carbons (Fsp3) is 0.385. The smallest absolute Gasteiger partial charge is 0.133 e.